The first-order chi connectivity index (χ1) is 10.3. The Balaban J connectivity index is 1.84. The monoisotopic (exact) mass is 286 g/mol. The fourth-order valence-corrected chi connectivity index (χ4v) is 3.70. The van der Waals surface area contributed by atoms with Gasteiger partial charge < -0.3 is 4.74 Å². The number of hydrogen-bond donors (Lipinski definition) is 0. The highest BCUT2D eigenvalue weighted by molar-refractivity contribution is 5.71. The molecule has 0 spiro atoms. The van der Waals surface area contributed by atoms with Crippen molar-refractivity contribution in [3.8, 4) is 0 Å². The van der Waals surface area contributed by atoms with Crippen molar-refractivity contribution < 1.29 is 4.74 Å². The predicted octanol–water partition coefficient (Wildman–Crippen LogP) is 2.55. The number of imidazole rings is 1. The first kappa shape index (κ1) is 13.2. The van der Waals surface area contributed by atoms with Gasteiger partial charge in [-0.3, -0.25) is 9.47 Å². The Morgan fingerprint density at radius 2 is 2.10 bits per heavy atom. The Hall–Kier alpha value is -1.46. The van der Waals surface area contributed by atoms with Gasteiger partial charge in [0.1, 0.15) is 11.3 Å². The van der Waals surface area contributed by atoms with Gasteiger partial charge in [0.2, 0.25) is 0 Å². The molecule has 2 aromatic rings. The molecule has 0 N–H and O–H groups in total. The molecule has 5 heteroatoms. The molecule has 0 aliphatic carbocycles. The van der Waals surface area contributed by atoms with Crippen molar-refractivity contribution in [2.75, 3.05) is 26.8 Å². The summed E-state index contributed by atoms with van der Waals surface area (Å²) in [6.07, 6.45) is 6.86. The Kier molecular flexibility index (Phi) is 3.39. The standard InChI is InChI=1S/C16H22N4O/c1-19-9-3-5-14(19)20-15(12-6-10-21-11-7-12)18-13-4-2-8-17-16(13)20/h2,4,8,12,14H,3,5-7,9-11H2,1H3. The van der Waals surface area contributed by atoms with Crippen LogP contribution >= 0.6 is 0 Å². The second kappa shape index (κ2) is 5.39. The van der Waals surface area contributed by atoms with Crippen molar-refractivity contribution in [1.82, 2.24) is 19.4 Å². The maximum Gasteiger partial charge on any atom is 0.161 e. The molecule has 1 unspecified atom stereocenters. The average Bonchev–Trinajstić information content (AvgIpc) is 3.11. The summed E-state index contributed by atoms with van der Waals surface area (Å²) < 4.78 is 7.92. The van der Waals surface area contributed by atoms with E-state index in [-0.39, 0.29) is 0 Å². The number of likely N-dealkylation sites (tertiary alicyclic amines) is 1. The van der Waals surface area contributed by atoms with Gasteiger partial charge in [-0.1, -0.05) is 0 Å². The minimum Gasteiger partial charge on any atom is -0.381 e. The highest BCUT2D eigenvalue weighted by Gasteiger charge is 2.30. The van der Waals surface area contributed by atoms with E-state index in [2.05, 4.69) is 27.6 Å². The smallest absolute Gasteiger partial charge is 0.161 e. The van der Waals surface area contributed by atoms with Crippen LogP contribution < -0.4 is 0 Å². The van der Waals surface area contributed by atoms with Crippen LogP contribution in [0.1, 0.15) is 43.6 Å². The first-order valence-electron chi connectivity index (χ1n) is 7.95. The summed E-state index contributed by atoms with van der Waals surface area (Å²) >= 11 is 0. The topological polar surface area (TPSA) is 43.2 Å². The second-order valence-electron chi connectivity index (χ2n) is 6.18. The van der Waals surface area contributed by atoms with E-state index in [1.807, 2.05) is 12.3 Å². The van der Waals surface area contributed by atoms with Crippen LogP contribution in [0.15, 0.2) is 18.3 Å². The minimum absolute atomic E-state index is 0.405. The van der Waals surface area contributed by atoms with Crippen molar-refractivity contribution >= 4 is 11.2 Å². The largest absolute Gasteiger partial charge is 0.381 e. The van der Waals surface area contributed by atoms with E-state index < -0.39 is 0 Å². The number of hydrogen-bond acceptors (Lipinski definition) is 4. The molecule has 2 saturated heterocycles. The van der Waals surface area contributed by atoms with Gasteiger partial charge in [0, 0.05) is 25.3 Å². The SMILES string of the molecule is CN1CCCC1n1c(C2CCOCC2)nc2cccnc21. The number of nitrogens with zero attached hydrogens (tertiary/aromatic N) is 4. The Bertz CT molecular complexity index is 632. The normalized spacial score (nSPS) is 24.9. The van der Waals surface area contributed by atoms with Crippen LogP contribution in [0.4, 0.5) is 0 Å². The number of pyridine rings is 1. The van der Waals surface area contributed by atoms with E-state index >= 15 is 0 Å². The van der Waals surface area contributed by atoms with E-state index in [0.717, 1.165) is 43.8 Å². The average molecular weight is 286 g/mol. The summed E-state index contributed by atoms with van der Waals surface area (Å²) in [6.45, 7) is 2.86. The van der Waals surface area contributed by atoms with Crippen molar-refractivity contribution in [3.05, 3.63) is 24.2 Å². The van der Waals surface area contributed by atoms with Crippen LogP contribution in [0.25, 0.3) is 11.2 Å². The molecule has 2 aliphatic heterocycles. The van der Waals surface area contributed by atoms with Crippen molar-refractivity contribution in [2.24, 2.45) is 0 Å². The zero-order valence-electron chi connectivity index (χ0n) is 12.5. The van der Waals surface area contributed by atoms with Gasteiger partial charge in [0.05, 0.1) is 6.17 Å². The third-order valence-electron chi connectivity index (χ3n) is 4.84. The van der Waals surface area contributed by atoms with Gasteiger partial charge in [0.25, 0.3) is 0 Å². The van der Waals surface area contributed by atoms with E-state index in [4.69, 9.17) is 9.72 Å². The summed E-state index contributed by atoms with van der Waals surface area (Å²) in [5.74, 6) is 1.72. The zero-order valence-corrected chi connectivity index (χ0v) is 12.5. The number of ether oxygens (including phenoxy) is 1. The van der Waals surface area contributed by atoms with Gasteiger partial charge in [-0.15, -0.1) is 0 Å². The van der Waals surface area contributed by atoms with E-state index in [9.17, 15) is 0 Å². The van der Waals surface area contributed by atoms with E-state index in [1.165, 1.54) is 18.7 Å². The molecule has 2 fully saturated rings. The molecule has 0 amide bonds. The summed E-state index contributed by atoms with van der Waals surface area (Å²) in [5.41, 5.74) is 2.07. The van der Waals surface area contributed by atoms with E-state index in [0.29, 0.717) is 12.1 Å². The van der Waals surface area contributed by atoms with Gasteiger partial charge in [-0.2, -0.15) is 0 Å². The summed E-state index contributed by atoms with van der Waals surface area (Å²) in [5, 5.41) is 0. The maximum absolute atomic E-state index is 5.52. The third-order valence-corrected chi connectivity index (χ3v) is 4.84. The summed E-state index contributed by atoms with van der Waals surface area (Å²) in [6, 6.07) is 4.06. The Morgan fingerprint density at radius 3 is 2.86 bits per heavy atom. The van der Waals surface area contributed by atoms with Crippen LogP contribution in [-0.2, 0) is 4.74 Å². The fourth-order valence-electron chi connectivity index (χ4n) is 3.70. The maximum atomic E-state index is 5.52. The molecule has 0 bridgehead atoms. The van der Waals surface area contributed by atoms with E-state index in [1.54, 1.807) is 0 Å². The van der Waals surface area contributed by atoms with Crippen LogP contribution in [-0.4, -0.2) is 46.2 Å². The highest BCUT2D eigenvalue weighted by Crippen LogP contribution is 2.35. The lowest BCUT2D eigenvalue weighted by Gasteiger charge is -2.27. The van der Waals surface area contributed by atoms with Crippen LogP contribution in [0, 0.1) is 0 Å². The number of aromatic nitrogens is 3. The second-order valence-corrected chi connectivity index (χ2v) is 6.18. The number of fused-ring (bicyclic) bond motifs is 1. The number of rotatable bonds is 2. The lowest BCUT2D eigenvalue weighted by molar-refractivity contribution is 0.0814. The lowest BCUT2D eigenvalue weighted by atomic mass is 9.99. The van der Waals surface area contributed by atoms with Crippen LogP contribution in [0.2, 0.25) is 0 Å². The molecule has 2 aromatic heterocycles. The zero-order chi connectivity index (χ0) is 14.2. The Labute approximate surface area is 124 Å². The molecule has 4 heterocycles. The van der Waals surface area contributed by atoms with Crippen LogP contribution in [0.5, 0.6) is 0 Å². The van der Waals surface area contributed by atoms with Crippen molar-refractivity contribution in [3.63, 3.8) is 0 Å². The molecule has 5 nitrogen and oxygen atoms in total. The molecule has 0 saturated carbocycles. The lowest BCUT2D eigenvalue weighted by Crippen LogP contribution is -2.27. The summed E-state index contributed by atoms with van der Waals surface area (Å²) in [7, 11) is 2.21. The fraction of sp³-hybridized carbons (Fsp3) is 0.625. The molecular weight excluding hydrogens is 264 g/mol. The summed E-state index contributed by atoms with van der Waals surface area (Å²) in [4.78, 5) is 12.0. The molecule has 2 aliphatic rings. The van der Waals surface area contributed by atoms with Gasteiger partial charge in [-0.05, 0) is 51.4 Å². The molecule has 112 valence electrons. The first-order valence-corrected chi connectivity index (χ1v) is 7.95. The van der Waals surface area contributed by atoms with Crippen LogP contribution in [0.3, 0.4) is 0 Å². The molecule has 0 radical (unpaired) electrons. The highest BCUT2D eigenvalue weighted by atomic mass is 16.5. The molecule has 21 heavy (non-hydrogen) atoms. The third kappa shape index (κ3) is 2.24. The quantitative estimate of drug-likeness (QED) is 0.851. The molecular formula is C16H22N4O. The van der Waals surface area contributed by atoms with Crippen molar-refractivity contribution in [2.45, 2.75) is 37.8 Å². The molecule has 4 rings (SSSR count). The predicted molar refractivity (Wildman–Crippen MR) is 81.2 cm³/mol. The van der Waals surface area contributed by atoms with Gasteiger partial charge in [-0.25, -0.2) is 9.97 Å². The van der Waals surface area contributed by atoms with Gasteiger partial charge in [0.15, 0.2) is 5.65 Å². The molecule has 1 atom stereocenters. The molecule has 0 aromatic carbocycles. The minimum atomic E-state index is 0.405. The Morgan fingerprint density at radius 1 is 1.24 bits per heavy atom. The van der Waals surface area contributed by atoms with Crippen molar-refractivity contribution in [1.29, 1.82) is 0 Å². The van der Waals surface area contributed by atoms with Gasteiger partial charge >= 0.3 is 0 Å².